The molecule has 1 unspecified atom stereocenters. The third kappa shape index (κ3) is 5.97. The topological polar surface area (TPSA) is 6.48 Å². The van der Waals surface area contributed by atoms with E-state index in [9.17, 15) is 0 Å². The Bertz CT molecular complexity index is 1010. The first-order valence-electron chi connectivity index (χ1n) is 11.4. The molecule has 33 heavy (non-hydrogen) atoms. The van der Waals surface area contributed by atoms with Gasteiger partial charge in [-0.2, -0.15) is 0 Å². The van der Waals surface area contributed by atoms with Crippen LogP contribution in [0.25, 0.3) is 0 Å². The summed E-state index contributed by atoms with van der Waals surface area (Å²) in [5.74, 6) is 0. The van der Waals surface area contributed by atoms with Gasteiger partial charge in [-0.05, 0) is 42.2 Å². The van der Waals surface area contributed by atoms with E-state index >= 15 is 0 Å². The molecule has 0 aliphatic rings. The molecule has 4 aromatic carbocycles. The van der Waals surface area contributed by atoms with Crippen molar-refractivity contribution in [3.63, 3.8) is 0 Å². The van der Waals surface area contributed by atoms with E-state index < -0.39 is 16.1 Å². The van der Waals surface area contributed by atoms with E-state index in [0.717, 1.165) is 6.54 Å². The summed E-state index contributed by atoms with van der Waals surface area (Å²) in [7, 11) is 3.39. The van der Waals surface area contributed by atoms with E-state index in [4.69, 9.17) is 0 Å². The first kappa shape index (κ1) is 23.8. The number of hydrogen-bond donors (Lipinski definition) is 0. The van der Waals surface area contributed by atoms with Crippen molar-refractivity contribution in [3.8, 4) is 0 Å². The first-order chi connectivity index (χ1) is 16.1. The average molecular weight is 471 g/mol. The summed E-state index contributed by atoms with van der Waals surface area (Å²) in [4.78, 5) is 0. The molecule has 0 saturated carbocycles. The lowest BCUT2D eigenvalue weighted by atomic mass is 10.3. The van der Waals surface area contributed by atoms with Crippen molar-refractivity contribution in [1.82, 2.24) is 9.34 Å². The summed E-state index contributed by atoms with van der Waals surface area (Å²) in [6.07, 6.45) is 0. The van der Waals surface area contributed by atoms with Crippen molar-refractivity contribution >= 4 is 37.4 Å². The minimum absolute atomic E-state index is 0.388. The van der Waals surface area contributed by atoms with E-state index in [-0.39, 0.29) is 0 Å². The molecule has 4 rings (SSSR count). The monoisotopic (exact) mass is 470 g/mol. The maximum Gasteiger partial charge on any atom is 0.0281 e. The van der Waals surface area contributed by atoms with Crippen molar-refractivity contribution in [1.29, 1.82) is 0 Å². The Hall–Kier alpha value is -2.34. The average Bonchev–Trinajstić information content (AvgIpc) is 2.87. The van der Waals surface area contributed by atoms with Gasteiger partial charge in [-0.1, -0.05) is 121 Å². The zero-order valence-electron chi connectivity index (χ0n) is 19.6. The Labute approximate surface area is 201 Å². The van der Waals surface area contributed by atoms with E-state index in [2.05, 4.69) is 152 Å². The number of benzene rings is 4. The molecule has 0 aromatic heterocycles. The summed E-state index contributed by atoms with van der Waals surface area (Å²) in [6, 6.07) is 44.2. The van der Waals surface area contributed by atoms with Crippen LogP contribution < -0.4 is 21.2 Å². The maximum atomic E-state index is 2.58. The molecule has 0 radical (unpaired) electrons. The molecule has 0 spiro atoms. The van der Waals surface area contributed by atoms with Crippen LogP contribution in [0.5, 0.6) is 0 Å². The van der Waals surface area contributed by atoms with Crippen molar-refractivity contribution < 1.29 is 0 Å². The lowest BCUT2D eigenvalue weighted by Gasteiger charge is -2.38. The molecule has 0 amide bonds. The molecule has 0 aliphatic carbocycles. The predicted molar refractivity (Wildman–Crippen MR) is 148 cm³/mol. The fourth-order valence-electron chi connectivity index (χ4n) is 4.11. The summed E-state index contributed by atoms with van der Waals surface area (Å²) < 4.78 is 5.14. The van der Waals surface area contributed by atoms with Crippen molar-refractivity contribution in [2.45, 2.75) is 13.0 Å². The van der Waals surface area contributed by atoms with Crippen LogP contribution in [-0.4, -0.2) is 36.0 Å². The van der Waals surface area contributed by atoms with E-state index in [0.29, 0.717) is 6.04 Å². The van der Waals surface area contributed by atoms with Crippen LogP contribution in [0.4, 0.5) is 0 Å². The van der Waals surface area contributed by atoms with Crippen LogP contribution in [0.15, 0.2) is 121 Å². The minimum Gasteiger partial charge on any atom is -0.276 e. The Morgan fingerprint density at radius 3 is 1.15 bits per heavy atom. The fourth-order valence-corrected chi connectivity index (χ4v) is 8.91. The van der Waals surface area contributed by atoms with E-state index in [1.807, 2.05) is 0 Å². The van der Waals surface area contributed by atoms with Gasteiger partial charge in [-0.3, -0.25) is 9.34 Å². The van der Waals surface area contributed by atoms with Crippen LogP contribution >= 0.6 is 16.1 Å². The molecule has 0 bridgehead atoms. The number of nitrogens with zero attached hydrogens (tertiary/aromatic N) is 2. The van der Waals surface area contributed by atoms with Crippen LogP contribution in [-0.2, 0) is 0 Å². The molecule has 1 atom stereocenters. The smallest absolute Gasteiger partial charge is 0.0281 e. The van der Waals surface area contributed by atoms with E-state index in [1.165, 1.54) is 21.2 Å². The fraction of sp³-hybridized carbons (Fsp3) is 0.172. The van der Waals surface area contributed by atoms with Gasteiger partial charge < -0.3 is 0 Å². The molecule has 0 N–H and O–H groups in total. The quantitative estimate of drug-likeness (QED) is 0.305. The van der Waals surface area contributed by atoms with Crippen LogP contribution in [0.1, 0.15) is 6.92 Å². The molecular formula is C29H32N2P2. The third-order valence-electron chi connectivity index (χ3n) is 5.83. The molecule has 0 heterocycles. The summed E-state index contributed by atoms with van der Waals surface area (Å²) >= 11 is 0. The van der Waals surface area contributed by atoms with Crippen LogP contribution in [0.2, 0.25) is 0 Å². The van der Waals surface area contributed by atoms with Gasteiger partial charge >= 0.3 is 0 Å². The number of hydrogen-bond acceptors (Lipinski definition) is 2. The normalized spacial score (nSPS) is 12.6. The standard InChI is InChI=1S/C29H32N2P2/c1-25(31(3)33(28-20-12-6-13-21-28)29-22-14-7-15-23-29)24-30(2)32(26-16-8-4-9-17-26)27-18-10-5-11-19-27/h4-23,25H,24H2,1-3H3. The Morgan fingerprint density at radius 1 is 0.515 bits per heavy atom. The second-order valence-electron chi connectivity index (χ2n) is 8.23. The van der Waals surface area contributed by atoms with Gasteiger partial charge in [0, 0.05) is 28.7 Å². The summed E-state index contributed by atoms with van der Waals surface area (Å²) in [6.45, 7) is 3.35. The van der Waals surface area contributed by atoms with Crippen molar-refractivity contribution in [3.05, 3.63) is 121 Å². The highest BCUT2D eigenvalue weighted by atomic mass is 31.1. The number of rotatable bonds is 9. The second-order valence-corrected chi connectivity index (χ2v) is 12.9. The highest BCUT2D eigenvalue weighted by Gasteiger charge is 2.27. The van der Waals surface area contributed by atoms with Crippen LogP contribution in [0.3, 0.4) is 0 Å². The lowest BCUT2D eigenvalue weighted by Crippen LogP contribution is -2.40. The molecule has 0 saturated heterocycles. The van der Waals surface area contributed by atoms with E-state index in [1.54, 1.807) is 0 Å². The highest BCUT2D eigenvalue weighted by molar-refractivity contribution is 7.71. The van der Waals surface area contributed by atoms with Gasteiger partial charge in [0.05, 0.1) is 0 Å². The van der Waals surface area contributed by atoms with Crippen molar-refractivity contribution in [2.75, 3.05) is 20.6 Å². The minimum atomic E-state index is -0.596. The van der Waals surface area contributed by atoms with Gasteiger partial charge in [0.25, 0.3) is 0 Å². The third-order valence-corrected chi connectivity index (χ3v) is 10.8. The SMILES string of the molecule is CC(CN(C)P(c1ccccc1)c1ccccc1)N(C)P(c1ccccc1)c1ccccc1. The Morgan fingerprint density at radius 2 is 0.818 bits per heavy atom. The molecule has 2 nitrogen and oxygen atoms in total. The zero-order chi connectivity index (χ0) is 23.0. The molecule has 4 aromatic rings. The molecule has 0 fully saturated rings. The number of likely N-dealkylation sites (N-methyl/N-ethyl adjacent to an activating group) is 2. The van der Waals surface area contributed by atoms with Crippen LogP contribution in [0, 0.1) is 0 Å². The Kier molecular flexibility index (Phi) is 8.43. The predicted octanol–water partition coefficient (Wildman–Crippen LogP) is 5.33. The molecular weight excluding hydrogens is 438 g/mol. The molecule has 0 aliphatic heterocycles. The summed E-state index contributed by atoms with van der Waals surface area (Å²) in [5, 5.41) is 5.57. The second kappa shape index (κ2) is 11.7. The van der Waals surface area contributed by atoms with Gasteiger partial charge in [-0.15, -0.1) is 0 Å². The molecule has 168 valence electrons. The van der Waals surface area contributed by atoms with Gasteiger partial charge in [0.2, 0.25) is 0 Å². The highest BCUT2D eigenvalue weighted by Crippen LogP contribution is 2.41. The summed E-state index contributed by atoms with van der Waals surface area (Å²) in [5.41, 5.74) is 0. The largest absolute Gasteiger partial charge is 0.276 e. The van der Waals surface area contributed by atoms with Gasteiger partial charge in [0.1, 0.15) is 0 Å². The van der Waals surface area contributed by atoms with Gasteiger partial charge in [0.15, 0.2) is 0 Å². The first-order valence-corrected chi connectivity index (χ1v) is 14.0. The van der Waals surface area contributed by atoms with Gasteiger partial charge in [-0.25, -0.2) is 0 Å². The van der Waals surface area contributed by atoms with Crippen molar-refractivity contribution in [2.24, 2.45) is 0 Å². The lowest BCUT2D eigenvalue weighted by molar-refractivity contribution is 0.361. The maximum absolute atomic E-state index is 2.58. The molecule has 4 heteroatoms. The Balaban J connectivity index is 1.60. The zero-order valence-corrected chi connectivity index (χ0v) is 21.4.